The fraction of sp³-hybridized carbons (Fsp3) is 0.364. The van der Waals surface area contributed by atoms with Crippen LogP contribution in [-0.4, -0.2) is 41.9 Å². The zero-order chi connectivity index (χ0) is 11.1. The van der Waals surface area contributed by atoms with Crippen LogP contribution >= 0.6 is 11.8 Å². The van der Waals surface area contributed by atoms with Crippen LogP contribution < -0.4 is 0 Å². The molecule has 1 N–H and O–H groups in total. The van der Waals surface area contributed by atoms with E-state index in [9.17, 15) is 4.79 Å². The van der Waals surface area contributed by atoms with Gasteiger partial charge in [0.25, 0.3) is 0 Å². The number of carboxylic acids is 1. The summed E-state index contributed by atoms with van der Waals surface area (Å²) in [6.07, 6.45) is 0. The van der Waals surface area contributed by atoms with Crippen LogP contribution in [-0.2, 0) is 4.79 Å². The van der Waals surface area contributed by atoms with E-state index in [0.717, 1.165) is 12.3 Å². The lowest BCUT2D eigenvalue weighted by Crippen LogP contribution is -2.27. The highest BCUT2D eigenvalue weighted by atomic mass is 32.2. The van der Waals surface area contributed by atoms with E-state index in [1.54, 1.807) is 16.7 Å². The van der Waals surface area contributed by atoms with Crippen molar-refractivity contribution in [2.75, 3.05) is 25.9 Å². The number of carboxylic acid groups (broad SMARTS) is 1. The maximum atomic E-state index is 10.4. The van der Waals surface area contributed by atoms with E-state index in [2.05, 4.69) is 12.1 Å². The van der Waals surface area contributed by atoms with Crippen molar-refractivity contribution in [3.8, 4) is 0 Å². The van der Waals surface area contributed by atoms with Gasteiger partial charge in [0.2, 0.25) is 0 Å². The van der Waals surface area contributed by atoms with Gasteiger partial charge in [-0.3, -0.25) is 9.69 Å². The monoisotopic (exact) mass is 225 g/mol. The Morgan fingerprint density at radius 1 is 1.40 bits per heavy atom. The molecule has 0 aliphatic carbocycles. The molecule has 0 fully saturated rings. The van der Waals surface area contributed by atoms with Crippen LogP contribution in [0, 0.1) is 0 Å². The molecule has 0 spiro atoms. The quantitative estimate of drug-likeness (QED) is 0.749. The van der Waals surface area contributed by atoms with Gasteiger partial charge in [-0.1, -0.05) is 18.2 Å². The van der Waals surface area contributed by atoms with Gasteiger partial charge in [0.1, 0.15) is 0 Å². The van der Waals surface area contributed by atoms with Crippen LogP contribution in [0.3, 0.4) is 0 Å². The van der Waals surface area contributed by atoms with Crippen molar-refractivity contribution >= 4 is 17.7 Å². The predicted octanol–water partition coefficient (Wildman–Crippen LogP) is 1.80. The Labute approximate surface area is 94.1 Å². The maximum absolute atomic E-state index is 10.4. The highest BCUT2D eigenvalue weighted by Gasteiger charge is 2.03. The third-order valence-corrected chi connectivity index (χ3v) is 2.88. The number of hydrogen-bond acceptors (Lipinski definition) is 3. The fourth-order valence-electron chi connectivity index (χ4n) is 1.15. The third kappa shape index (κ3) is 5.44. The first-order chi connectivity index (χ1) is 7.18. The number of hydrogen-bond donors (Lipinski definition) is 1. The topological polar surface area (TPSA) is 40.5 Å². The summed E-state index contributed by atoms with van der Waals surface area (Å²) in [4.78, 5) is 13.4. The predicted molar refractivity (Wildman–Crippen MR) is 62.3 cm³/mol. The summed E-state index contributed by atoms with van der Waals surface area (Å²) in [7, 11) is 1.82. The smallest absolute Gasteiger partial charge is 0.317 e. The van der Waals surface area contributed by atoms with Gasteiger partial charge in [-0.05, 0) is 19.2 Å². The zero-order valence-corrected chi connectivity index (χ0v) is 9.54. The van der Waals surface area contributed by atoms with E-state index < -0.39 is 5.97 Å². The molecular weight excluding hydrogens is 210 g/mol. The number of thioether (sulfide) groups is 1. The van der Waals surface area contributed by atoms with Crippen molar-refractivity contribution in [1.29, 1.82) is 0 Å². The minimum absolute atomic E-state index is 0.106. The van der Waals surface area contributed by atoms with Crippen LogP contribution in [0.25, 0.3) is 0 Å². The van der Waals surface area contributed by atoms with Gasteiger partial charge in [-0.2, -0.15) is 0 Å². The zero-order valence-electron chi connectivity index (χ0n) is 8.72. The summed E-state index contributed by atoms with van der Waals surface area (Å²) in [5.74, 6) is 0.135. The normalized spacial score (nSPS) is 10.5. The average molecular weight is 225 g/mol. The van der Waals surface area contributed by atoms with Crippen molar-refractivity contribution in [2.24, 2.45) is 0 Å². The van der Waals surface area contributed by atoms with Crippen LogP contribution in [0.2, 0.25) is 0 Å². The Hall–Kier alpha value is -1.00. The first-order valence-corrected chi connectivity index (χ1v) is 5.75. The molecule has 0 saturated carbocycles. The molecule has 0 amide bonds. The number of nitrogens with zero attached hydrogens (tertiary/aromatic N) is 1. The molecule has 15 heavy (non-hydrogen) atoms. The van der Waals surface area contributed by atoms with Gasteiger partial charge < -0.3 is 5.11 Å². The molecule has 3 nitrogen and oxygen atoms in total. The molecule has 0 heterocycles. The summed E-state index contributed by atoms with van der Waals surface area (Å²) < 4.78 is 0. The van der Waals surface area contributed by atoms with Crippen molar-refractivity contribution in [2.45, 2.75) is 4.90 Å². The molecule has 0 bridgehead atoms. The molecule has 1 rings (SSSR count). The second-order valence-corrected chi connectivity index (χ2v) is 4.46. The molecule has 0 atom stereocenters. The third-order valence-electron chi connectivity index (χ3n) is 1.89. The highest BCUT2D eigenvalue weighted by Crippen LogP contribution is 2.16. The lowest BCUT2D eigenvalue weighted by atomic mass is 10.4. The number of aliphatic carboxylic acids is 1. The number of likely N-dealkylation sites (N-methyl/N-ethyl adjacent to an activating group) is 1. The van der Waals surface area contributed by atoms with E-state index in [-0.39, 0.29) is 6.54 Å². The number of carbonyl (C=O) groups is 1. The van der Waals surface area contributed by atoms with Gasteiger partial charge in [0.15, 0.2) is 0 Å². The Balaban J connectivity index is 2.19. The molecule has 0 aliphatic heterocycles. The molecule has 0 aliphatic rings. The van der Waals surface area contributed by atoms with E-state index in [0.29, 0.717) is 0 Å². The van der Waals surface area contributed by atoms with E-state index in [1.165, 1.54) is 4.90 Å². The van der Waals surface area contributed by atoms with Gasteiger partial charge in [0, 0.05) is 17.2 Å². The molecule has 4 heteroatoms. The Bertz CT molecular complexity index is 303. The van der Waals surface area contributed by atoms with Gasteiger partial charge in [0.05, 0.1) is 6.54 Å². The molecule has 82 valence electrons. The van der Waals surface area contributed by atoms with Crippen LogP contribution in [0.15, 0.2) is 35.2 Å². The second-order valence-electron chi connectivity index (χ2n) is 3.29. The minimum atomic E-state index is -0.776. The molecule has 0 unspecified atom stereocenters. The van der Waals surface area contributed by atoms with Gasteiger partial charge in [-0.15, -0.1) is 11.8 Å². The first kappa shape index (κ1) is 12.1. The lowest BCUT2D eigenvalue weighted by Gasteiger charge is -2.12. The molecule has 0 radical (unpaired) electrons. The van der Waals surface area contributed by atoms with Gasteiger partial charge >= 0.3 is 5.97 Å². The molecular formula is C11H15NO2S. The Morgan fingerprint density at radius 2 is 2.07 bits per heavy atom. The number of benzene rings is 1. The molecule has 0 aromatic heterocycles. The highest BCUT2D eigenvalue weighted by molar-refractivity contribution is 7.99. The van der Waals surface area contributed by atoms with E-state index in [4.69, 9.17) is 5.11 Å². The summed E-state index contributed by atoms with van der Waals surface area (Å²) in [6, 6.07) is 10.1. The van der Waals surface area contributed by atoms with E-state index >= 15 is 0 Å². The molecule has 0 saturated heterocycles. The Kier molecular flexibility index (Phi) is 5.21. The van der Waals surface area contributed by atoms with Gasteiger partial charge in [-0.25, -0.2) is 0 Å². The maximum Gasteiger partial charge on any atom is 0.317 e. The second kappa shape index (κ2) is 6.48. The summed E-state index contributed by atoms with van der Waals surface area (Å²) in [5, 5.41) is 8.55. The lowest BCUT2D eigenvalue weighted by molar-refractivity contribution is -0.137. The van der Waals surface area contributed by atoms with E-state index in [1.807, 2.05) is 25.2 Å². The van der Waals surface area contributed by atoms with Crippen LogP contribution in [0.5, 0.6) is 0 Å². The van der Waals surface area contributed by atoms with Crippen molar-refractivity contribution < 1.29 is 9.90 Å². The Morgan fingerprint density at radius 3 is 2.67 bits per heavy atom. The van der Waals surface area contributed by atoms with Crippen molar-refractivity contribution in [3.05, 3.63) is 30.3 Å². The summed E-state index contributed by atoms with van der Waals surface area (Å²) in [6.45, 7) is 0.890. The first-order valence-electron chi connectivity index (χ1n) is 4.76. The fourth-order valence-corrected chi connectivity index (χ4v) is 2.13. The summed E-state index contributed by atoms with van der Waals surface area (Å²) in [5.41, 5.74) is 0. The minimum Gasteiger partial charge on any atom is -0.480 e. The summed E-state index contributed by atoms with van der Waals surface area (Å²) >= 11 is 1.74. The van der Waals surface area contributed by atoms with Crippen molar-refractivity contribution in [1.82, 2.24) is 4.90 Å². The largest absolute Gasteiger partial charge is 0.480 e. The average Bonchev–Trinajstić information content (AvgIpc) is 2.18. The standard InChI is InChI=1S/C11H15NO2S/c1-12(9-11(13)14)7-8-15-10-5-3-2-4-6-10/h2-6H,7-9H2,1H3,(H,13,14). The molecule has 1 aromatic carbocycles. The number of rotatable bonds is 6. The van der Waals surface area contributed by atoms with Crippen LogP contribution in [0.1, 0.15) is 0 Å². The van der Waals surface area contributed by atoms with Crippen LogP contribution in [0.4, 0.5) is 0 Å². The van der Waals surface area contributed by atoms with Crippen molar-refractivity contribution in [3.63, 3.8) is 0 Å². The molecule has 1 aromatic rings. The SMILES string of the molecule is CN(CCSc1ccccc1)CC(=O)O.